The summed E-state index contributed by atoms with van der Waals surface area (Å²) in [6.45, 7) is 6.74. The molecule has 0 bridgehead atoms. The van der Waals surface area contributed by atoms with Crippen LogP contribution in [0.2, 0.25) is 0 Å². The molecule has 1 aliphatic rings. The molecule has 5 rings (SSSR count). The fourth-order valence-electron chi connectivity index (χ4n) is 4.44. The van der Waals surface area contributed by atoms with Crippen molar-refractivity contribution in [1.29, 1.82) is 0 Å². The zero-order valence-electron chi connectivity index (χ0n) is 17.1. The second-order valence-electron chi connectivity index (χ2n) is 8.16. The molecule has 144 valence electrons. The van der Waals surface area contributed by atoms with E-state index in [1.54, 1.807) is 0 Å². The highest BCUT2D eigenvalue weighted by molar-refractivity contribution is 5.83. The van der Waals surface area contributed by atoms with Gasteiger partial charge in [-0.05, 0) is 58.7 Å². The van der Waals surface area contributed by atoms with Crippen molar-refractivity contribution in [3.63, 3.8) is 0 Å². The van der Waals surface area contributed by atoms with E-state index in [9.17, 15) is 0 Å². The zero-order valence-corrected chi connectivity index (χ0v) is 17.1. The van der Waals surface area contributed by atoms with E-state index in [-0.39, 0.29) is 0 Å². The maximum atomic E-state index is 2.47. The van der Waals surface area contributed by atoms with Crippen LogP contribution in [-0.2, 0) is 0 Å². The Morgan fingerprint density at radius 2 is 1.24 bits per heavy atom. The third-order valence-electron chi connectivity index (χ3n) is 6.42. The monoisotopic (exact) mass is 379 g/mol. The first-order chi connectivity index (χ1) is 14.2. The summed E-state index contributed by atoms with van der Waals surface area (Å²) in [4.78, 5) is 2.47. The Balaban J connectivity index is 1.39. The van der Waals surface area contributed by atoms with Crippen LogP contribution in [0.5, 0.6) is 0 Å². The Hall–Kier alpha value is -3.13. The van der Waals surface area contributed by atoms with Gasteiger partial charge in [0.25, 0.3) is 0 Å². The highest BCUT2D eigenvalue weighted by atomic mass is 15.3. The van der Waals surface area contributed by atoms with Crippen molar-refractivity contribution in [3.8, 4) is 0 Å². The lowest BCUT2D eigenvalue weighted by Gasteiger charge is -2.17. The highest BCUT2D eigenvalue weighted by Crippen LogP contribution is 2.27. The van der Waals surface area contributed by atoms with E-state index in [0.717, 1.165) is 13.1 Å². The largest absolute Gasteiger partial charge is 0.258 e. The van der Waals surface area contributed by atoms with Crippen molar-refractivity contribution >= 4 is 27.9 Å². The van der Waals surface area contributed by atoms with Crippen molar-refractivity contribution in [2.45, 2.75) is 25.9 Å². The van der Waals surface area contributed by atoms with E-state index in [0.29, 0.717) is 12.1 Å². The van der Waals surface area contributed by atoms with Gasteiger partial charge in [0.05, 0.1) is 0 Å². The molecule has 4 aromatic rings. The first-order valence-corrected chi connectivity index (χ1v) is 10.5. The summed E-state index contributed by atoms with van der Waals surface area (Å²) in [6.07, 6.45) is 2.33. The van der Waals surface area contributed by atoms with Crippen LogP contribution >= 0.6 is 0 Å². The van der Waals surface area contributed by atoms with Crippen LogP contribution in [0.15, 0.2) is 84.9 Å². The Bertz CT molecular complexity index is 1210. The molecular formula is C27H27N2+. The molecule has 0 N–H and O–H groups in total. The number of benzene rings is 4. The van der Waals surface area contributed by atoms with Gasteiger partial charge in [0, 0.05) is 0 Å². The molecule has 0 spiro atoms. The fraction of sp³-hybridized carbons (Fsp3) is 0.222. The Labute approximate surface area is 172 Å². The predicted molar refractivity (Wildman–Crippen MR) is 123 cm³/mol. The van der Waals surface area contributed by atoms with Gasteiger partial charge in [0.1, 0.15) is 25.2 Å². The minimum Gasteiger partial charge on any atom is -0.258 e. The normalized spacial score (nSPS) is 16.2. The third-order valence-corrected chi connectivity index (χ3v) is 6.42. The zero-order chi connectivity index (χ0) is 19.8. The Morgan fingerprint density at radius 3 is 1.90 bits per heavy atom. The van der Waals surface area contributed by atoms with Crippen molar-refractivity contribution < 1.29 is 4.58 Å². The summed E-state index contributed by atoms with van der Waals surface area (Å²) in [5.41, 5.74) is 2.75. The van der Waals surface area contributed by atoms with Crippen molar-refractivity contribution in [3.05, 3.63) is 96.1 Å². The summed E-state index contributed by atoms with van der Waals surface area (Å²) in [5, 5.41) is 5.25. The minimum absolute atomic E-state index is 0.369. The average molecular weight is 380 g/mol. The van der Waals surface area contributed by atoms with E-state index in [4.69, 9.17) is 0 Å². The van der Waals surface area contributed by atoms with Crippen LogP contribution in [0.3, 0.4) is 0 Å². The predicted octanol–water partition coefficient (Wildman–Crippen LogP) is 6.17. The standard InChI is InChI=1S/C27H27N2/c1-20(24-13-11-22-7-3-5-9-26(22)17-24)28-15-16-29(19-28)21(2)25-14-12-23-8-4-6-10-27(23)18-25/h3-14,17-21H,15-16H2,1-2H3/q+1/t20-,21-/m0/s1. The first-order valence-electron chi connectivity index (χ1n) is 10.5. The summed E-state index contributed by atoms with van der Waals surface area (Å²) in [7, 11) is 0. The quantitative estimate of drug-likeness (QED) is 0.384. The molecule has 0 saturated carbocycles. The lowest BCUT2D eigenvalue weighted by atomic mass is 10.0. The van der Waals surface area contributed by atoms with Gasteiger partial charge in [-0.1, -0.05) is 72.8 Å². The molecule has 0 saturated heterocycles. The van der Waals surface area contributed by atoms with Gasteiger partial charge in [-0.15, -0.1) is 0 Å². The molecule has 0 aliphatic carbocycles. The van der Waals surface area contributed by atoms with E-state index in [2.05, 4.69) is 115 Å². The molecule has 1 aliphatic heterocycles. The van der Waals surface area contributed by atoms with Gasteiger partial charge >= 0.3 is 0 Å². The summed E-state index contributed by atoms with van der Waals surface area (Å²) < 4.78 is 2.47. The van der Waals surface area contributed by atoms with Crippen LogP contribution < -0.4 is 0 Å². The van der Waals surface area contributed by atoms with Gasteiger partial charge in [-0.2, -0.15) is 0 Å². The van der Waals surface area contributed by atoms with Crippen LogP contribution in [0, 0.1) is 0 Å². The number of nitrogens with zero attached hydrogens (tertiary/aromatic N) is 2. The molecule has 0 aromatic heterocycles. The van der Waals surface area contributed by atoms with Gasteiger partial charge < -0.3 is 0 Å². The lowest BCUT2D eigenvalue weighted by Crippen LogP contribution is -2.23. The molecule has 0 fully saturated rings. The van der Waals surface area contributed by atoms with Crippen molar-refractivity contribution in [1.82, 2.24) is 4.90 Å². The average Bonchev–Trinajstić information content (AvgIpc) is 3.27. The van der Waals surface area contributed by atoms with E-state index < -0.39 is 0 Å². The van der Waals surface area contributed by atoms with E-state index in [1.165, 1.54) is 32.7 Å². The fourth-order valence-corrected chi connectivity index (χ4v) is 4.44. The maximum absolute atomic E-state index is 2.47. The Morgan fingerprint density at radius 1 is 0.690 bits per heavy atom. The molecule has 0 unspecified atom stereocenters. The van der Waals surface area contributed by atoms with Gasteiger partial charge in [-0.3, -0.25) is 9.48 Å². The highest BCUT2D eigenvalue weighted by Gasteiger charge is 2.28. The van der Waals surface area contributed by atoms with Crippen molar-refractivity contribution in [2.24, 2.45) is 0 Å². The summed E-state index contributed by atoms with van der Waals surface area (Å²) >= 11 is 0. The molecule has 4 aromatic carbocycles. The second kappa shape index (κ2) is 7.36. The molecule has 1 heterocycles. The number of fused-ring (bicyclic) bond motifs is 2. The second-order valence-corrected chi connectivity index (χ2v) is 8.16. The molecule has 2 atom stereocenters. The molecule has 29 heavy (non-hydrogen) atoms. The number of hydrogen-bond donors (Lipinski definition) is 0. The summed E-state index contributed by atoms with van der Waals surface area (Å²) in [5.74, 6) is 0. The topological polar surface area (TPSA) is 6.25 Å². The summed E-state index contributed by atoms with van der Waals surface area (Å²) in [6, 6.07) is 31.6. The van der Waals surface area contributed by atoms with Crippen molar-refractivity contribution in [2.75, 3.05) is 13.1 Å². The molecule has 0 amide bonds. The molecule has 2 nitrogen and oxygen atoms in total. The third kappa shape index (κ3) is 3.40. The smallest absolute Gasteiger partial charge is 0.235 e. The molecular weight excluding hydrogens is 352 g/mol. The van der Waals surface area contributed by atoms with Crippen LogP contribution in [0.25, 0.3) is 21.5 Å². The van der Waals surface area contributed by atoms with E-state index in [1.807, 2.05) is 0 Å². The van der Waals surface area contributed by atoms with E-state index >= 15 is 0 Å². The Kier molecular flexibility index (Phi) is 4.55. The van der Waals surface area contributed by atoms with Gasteiger partial charge in [-0.25, -0.2) is 0 Å². The van der Waals surface area contributed by atoms with Gasteiger partial charge in [0.15, 0.2) is 0 Å². The van der Waals surface area contributed by atoms with Crippen LogP contribution in [0.1, 0.15) is 37.1 Å². The lowest BCUT2D eigenvalue weighted by molar-refractivity contribution is -0.555. The molecule has 2 heteroatoms. The number of rotatable bonds is 4. The van der Waals surface area contributed by atoms with Crippen LogP contribution in [-0.4, -0.2) is 28.9 Å². The molecule has 0 radical (unpaired) electrons. The SMILES string of the molecule is C[C@@H](c1ccc2ccccc2c1)N1C=[N+]([C@@H](C)c2ccc3ccccc3c2)CC1. The number of hydrogen-bond acceptors (Lipinski definition) is 1. The van der Waals surface area contributed by atoms with Crippen LogP contribution in [0.4, 0.5) is 0 Å². The minimum atomic E-state index is 0.369. The van der Waals surface area contributed by atoms with Gasteiger partial charge in [0.2, 0.25) is 6.34 Å². The maximum Gasteiger partial charge on any atom is 0.235 e. The first kappa shape index (κ1) is 17.9.